The Hall–Kier alpha value is -2.53. The molecular formula is C18H16F2O3. The molecule has 0 saturated heterocycles. The highest BCUT2D eigenvalue weighted by atomic mass is 19.1. The van der Waals surface area contributed by atoms with E-state index in [9.17, 15) is 13.6 Å². The van der Waals surface area contributed by atoms with Crippen LogP contribution in [0.5, 0.6) is 5.75 Å². The zero-order valence-electron chi connectivity index (χ0n) is 12.6. The van der Waals surface area contributed by atoms with Gasteiger partial charge in [0.05, 0.1) is 6.61 Å². The second-order valence-electron chi connectivity index (χ2n) is 4.73. The Kier molecular flexibility index (Phi) is 6.00. The number of hydrogen-bond acceptors (Lipinski definition) is 3. The van der Waals surface area contributed by atoms with Crippen molar-refractivity contribution >= 4 is 11.9 Å². The lowest BCUT2D eigenvalue weighted by Gasteiger charge is -2.05. The molecule has 0 aliphatic rings. The van der Waals surface area contributed by atoms with Gasteiger partial charge >= 0.3 is 0 Å². The molecule has 0 atom stereocenters. The monoisotopic (exact) mass is 318 g/mol. The van der Waals surface area contributed by atoms with Gasteiger partial charge in [0.15, 0.2) is 5.78 Å². The molecule has 23 heavy (non-hydrogen) atoms. The van der Waals surface area contributed by atoms with Gasteiger partial charge < -0.3 is 9.47 Å². The van der Waals surface area contributed by atoms with Gasteiger partial charge in [-0.15, -0.1) is 0 Å². The minimum absolute atomic E-state index is 0.0258. The third kappa shape index (κ3) is 5.00. The molecule has 0 N–H and O–H groups in total. The maximum atomic E-state index is 13.5. The predicted octanol–water partition coefficient (Wildman–Crippen LogP) is 3.89. The number of benzene rings is 2. The van der Waals surface area contributed by atoms with E-state index in [1.807, 2.05) is 0 Å². The minimum Gasteiger partial charge on any atom is -0.491 e. The molecule has 2 aromatic carbocycles. The molecule has 2 aromatic rings. The summed E-state index contributed by atoms with van der Waals surface area (Å²) in [7, 11) is 1.58. The number of carbonyl (C=O) groups is 1. The standard InChI is InChI=1S/C18H16F2O3/c1-22-10-11-23-16-6-2-13(3-7-16)18(21)9-4-14-12-15(19)5-8-17(14)20/h2-9,12H,10-11H2,1H3. The zero-order valence-corrected chi connectivity index (χ0v) is 12.6. The van der Waals surface area contributed by atoms with Crippen LogP contribution in [0.4, 0.5) is 8.78 Å². The van der Waals surface area contributed by atoms with Crippen molar-refractivity contribution in [2.45, 2.75) is 0 Å². The highest BCUT2D eigenvalue weighted by Crippen LogP contribution is 2.15. The molecule has 0 heterocycles. The average Bonchev–Trinajstić information content (AvgIpc) is 2.56. The van der Waals surface area contributed by atoms with Crippen LogP contribution in [0.3, 0.4) is 0 Å². The molecule has 0 fully saturated rings. The Bertz CT molecular complexity index is 694. The minimum atomic E-state index is -0.586. The van der Waals surface area contributed by atoms with Gasteiger partial charge in [-0.25, -0.2) is 8.78 Å². The average molecular weight is 318 g/mol. The number of methoxy groups -OCH3 is 1. The second-order valence-corrected chi connectivity index (χ2v) is 4.73. The normalized spacial score (nSPS) is 10.9. The first kappa shape index (κ1) is 16.8. The van der Waals surface area contributed by atoms with Crippen molar-refractivity contribution in [3.8, 4) is 5.75 Å². The fourth-order valence-electron chi connectivity index (χ4n) is 1.86. The number of hydrogen-bond donors (Lipinski definition) is 0. The SMILES string of the molecule is COCCOc1ccc(C(=O)C=Cc2cc(F)ccc2F)cc1. The molecule has 0 spiro atoms. The predicted molar refractivity (Wildman–Crippen MR) is 83.5 cm³/mol. The summed E-state index contributed by atoms with van der Waals surface area (Å²) >= 11 is 0. The number of halogens is 2. The molecule has 3 nitrogen and oxygen atoms in total. The highest BCUT2D eigenvalue weighted by Gasteiger charge is 2.04. The van der Waals surface area contributed by atoms with E-state index in [0.717, 1.165) is 18.2 Å². The largest absolute Gasteiger partial charge is 0.491 e. The Labute approximate surface area is 133 Å². The number of allylic oxidation sites excluding steroid dienone is 1. The molecular weight excluding hydrogens is 302 g/mol. The van der Waals surface area contributed by atoms with Gasteiger partial charge in [-0.2, -0.15) is 0 Å². The topological polar surface area (TPSA) is 35.5 Å². The quantitative estimate of drug-likeness (QED) is 0.441. The molecule has 0 amide bonds. The van der Waals surface area contributed by atoms with E-state index in [0.29, 0.717) is 24.5 Å². The first-order chi connectivity index (χ1) is 11.1. The van der Waals surface area contributed by atoms with Gasteiger partial charge in [0.2, 0.25) is 0 Å². The van der Waals surface area contributed by atoms with Crippen LogP contribution in [0, 0.1) is 11.6 Å². The molecule has 0 radical (unpaired) electrons. The van der Waals surface area contributed by atoms with Gasteiger partial charge in [-0.1, -0.05) is 0 Å². The molecule has 0 bridgehead atoms. The first-order valence-corrected chi connectivity index (χ1v) is 6.99. The van der Waals surface area contributed by atoms with Crippen molar-refractivity contribution in [2.75, 3.05) is 20.3 Å². The smallest absolute Gasteiger partial charge is 0.185 e. The van der Waals surface area contributed by atoms with Crippen molar-refractivity contribution in [1.82, 2.24) is 0 Å². The van der Waals surface area contributed by atoms with E-state index in [1.54, 1.807) is 31.4 Å². The molecule has 0 aliphatic heterocycles. The van der Waals surface area contributed by atoms with E-state index in [1.165, 1.54) is 12.2 Å². The summed E-state index contributed by atoms with van der Waals surface area (Å²) in [5.41, 5.74) is 0.454. The maximum absolute atomic E-state index is 13.5. The van der Waals surface area contributed by atoms with Crippen LogP contribution < -0.4 is 4.74 Å². The van der Waals surface area contributed by atoms with Crippen LogP contribution >= 0.6 is 0 Å². The number of rotatable bonds is 7. The molecule has 5 heteroatoms. The van der Waals surface area contributed by atoms with Crippen molar-refractivity contribution in [2.24, 2.45) is 0 Å². The van der Waals surface area contributed by atoms with Crippen LogP contribution in [0.15, 0.2) is 48.5 Å². The Morgan fingerprint density at radius 1 is 1.09 bits per heavy atom. The van der Waals surface area contributed by atoms with Gasteiger partial charge in [-0.3, -0.25) is 4.79 Å². The number of ether oxygens (including phenoxy) is 2. The molecule has 120 valence electrons. The van der Waals surface area contributed by atoms with E-state index < -0.39 is 11.6 Å². The van der Waals surface area contributed by atoms with Crippen molar-refractivity contribution in [1.29, 1.82) is 0 Å². The Balaban J connectivity index is 2.02. The van der Waals surface area contributed by atoms with Crippen LogP contribution in [-0.4, -0.2) is 26.1 Å². The lowest BCUT2D eigenvalue weighted by atomic mass is 10.1. The van der Waals surface area contributed by atoms with E-state index >= 15 is 0 Å². The van der Waals surface area contributed by atoms with E-state index in [-0.39, 0.29) is 11.3 Å². The van der Waals surface area contributed by atoms with Crippen molar-refractivity contribution in [3.05, 3.63) is 71.3 Å². The maximum Gasteiger partial charge on any atom is 0.185 e. The van der Waals surface area contributed by atoms with Crippen LogP contribution in [-0.2, 0) is 4.74 Å². The van der Waals surface area contributed by atoms with Gasteiger partial charge in [0, 0.05) is 18.2 Å². The third-order valence-electron chi connectivity index (χ3n) is 3.07. The summed E-state index contributed by atoms with van der Waals surface area (Å²) < 4.78 is 36.8. The number of ketones is 1. The van der Waals surface area contributed by atoms with Crippen molar-refractivity contribution < 1.29 is 23.0 Å². The summed E-state index contributed by atoms with van der Waals surface area (Å²) in [6.07, 6.45) is 2.46. The van der Waals surface area contributed by atoms with Gasteiger partial charge in [0.1, 0.15) is 24.0 Å². The van der Waals surface area contributed by atoms with E-state index in [4.69, 9.17) is 9.47 Å². The summed E-state index contributed by atoms with van der Waals surface area (Å²) in [5, 5.41) is 0. The first-order valence-electron chi connectivity index (χ1n) is 6.99. The second kappa shape index (κ2) is 8.19. The lowest BCUT2D eigenvalue weighted by Crippen LogP contribution is -2.04. The molecule has 2 rings (SSSR count). The molecule has 0 aromatic heterocycles. The summed E-state index contributed by atoms with van der Waals surface area (Å²) in [4.78, 5) is 12.0. The summed E-state index contributed by atoms with van der Waals surface area (Å²) in [6, 6.07) is 9.63. The van der Waals surface area contributed by atoms with Crippen LogP contribution in [0.25, 0.3) is 6.08 Å². The highest BCUT2D eigenvalue weighted by molar-refractivity contribution is 6.06. The molecule has 0 unspecified atom stereocenters. The Morgan fingerprint density at radius 2 is 1.83 bits per heavy atom. The number of carbonyl (C=O) groups excluding carboxylic acids is 1. The summed E-state index contributed by atoms with van der Waals surface area (Å²) in [5.74, 6) is -0.829. The van der Waals surface area contributed by atoms with E-state index in [2.05, 4.69) is 0 Å². The van der Waals surface area contributed by atoms with Crippen LogP contribution in [0.2, 0.25) is 0 Å². The van der Waals surface area contributed by atoms with Crippen LogP contribution in [0.1, 0.15) is 15.9 Å². The zero-order chi connectivity index (χ0) is 16.7. The summed E-state index contributed by atoms with van der Waals surface area (Å²) in [6.45, 7) is 0.894. The Morgan fingerprint density at radius 3 is 2.52 bits per heavy atom. The third-order valence-corrected chi connectivity index (χ3v) is 3.07. The molecule has 0 saturated carbocycles. The lowest BCUT2D eigenvalue weighted by molar-refractivity contribution is 0.104. The van der Waals surface area contributed by atoms with Crippen molar-refractivity contribution in [3.63, 3.8) is 0 Å². The fourth-order valence-corrected chi connectivity index (χ4v) is 1.86. The van der Waals surface area contributed by atoms with Gasteiger partial charge in [-0.05, 0) is 54.6 Å². The fraction of sp³-hybridized carbons (Fsp3) is 0.167. The van der Waals surface area contributed by atoms with Gasteiger partial charge in [0.25, 0.3) is 0 Å². The molecule has 0 aliphatic carbocycles.